The number of para-hydroxylation sites is 2. The van der Waals surface area contributed by atoms with E-state index < -0.39 is 0 Å². The lowest BCUT2D eigenvalue weighted by Crippen LogP contribution is -2.18. The van der Waals surface area contributed by atoms with E-state index in [1.807, 2.05) is 0 Å². The maximum atomic E-state index is 2.54. The van der Waals surface area contributed by atoms with Crippen molar-refractivity contribution in [2.45, 2.75) is 87.9 Å². The Labute approximate surface area is 269 Å². The molecular formula is C44H43N. The van der Waals surface area contributed by atoms with Crippen LogP contribution in [0.15, 0.2) is 115 Å². The van der Waals surface area contributed by atoms with Gasteiger partial charge in [-0.3, -0.25) is 0 Å². The summed E-state index contributed by atoms with van der Waals surface area (Å²) in [6.07, 6.45) is 7.79. The molecular weight excluding hydrogens is 542 g/mol. The molecule has 1 nitrogen and oxygen atoms in total. The first-order chi connectivity index (χ1) is 21.7. The van der Waals surface area contributed by atoms with Gasteiger partial charge < -0.3 is 4.90 Å². The quantitative estimate of drug-likeness (QED) is 0.198. The van der Waals surface area contributed by atoms with Gasteiger partial charge in [0, 0.05) is 16.9 Å². The lowest BCUT2D eigenvalue weighted by Gasteiger charge is -2.30. The molecule has 4 aliphatic rings. The normalized spacial score (nSPS) is 28.7. The molecule has 45 heavy (non-hydrogen) atoms. The Hall–Kier alpha value is -4.10. The standard InChI is InChI=1S/C44H43N/c1-41-21-23-43(3,28-41)38-25-30(16-19-36(38)41)31-15-18-35(32-17-20-37-39(26-32)44(4)24-22-42(37,2)29-44)40(27-31)45(33-11-7-5-8-12-33)34-13-9-6-10-14-34/h5-20,25-27H,21-24,28-29H2,1-4H3. The number of fused-ring (bicyclic) bond motifs is 10. The van der Waals surface area contributed by atoms with Crippen LogP contribution < -0.4 is 4.90 Å². The number of nitrogens with zero attached hydrogens (tertiary/aromatic N) is 1. The van der Waals surface area contributed by atoms with E-state index >= 15 is 0 Å². The molecule has 4 bridgehead atoms. The molecule has 2 fully saturated rings. The Morgan fingerprint density at radius 3 is 1.38 bits per heavy atom. The number of hydrogen-bond donors (Lipinski definition) is 0. The summed E-state index contributed by atoms with van der Waals surface area (Å²) in [5.41, 5.74) is 16.4. The van der Waals surface area contributed by atoms with Crippen molar-refractivity contribution in [2.75, 3.05) is 4.90 Å². The van der Waals surface area contributed by atoms with Gasteiger partial charge in [0.05, 0.1) is 5.69 Å². The highest BCUT2D eigenvalue weighted by Crippen LogP contribution is 2.62. The van der Waals surface area contributed by atoms with Crippen molar-refractivity contribution in [3.05, 3.63) is 138 Å². The zero-order chi connectivity index (χ0) is 30.6. The van der Waals surface area contributed by atoms with Crippen molar-refractivity contribution in [2.24, 2.45) is 0 Å². The van der Waals surface area contributed by atoms with E-state index in [4.69, 9.17) is 0 Å². The Balaban J connectivity index is 1.25. The molecule has 4 unspecified atom stereocenters. The van der Waals surface area contributed by atoms with Gasteiger partial charge in [-0.2, -0.15) is 0 Å². The van der Waals surface area contributed by atoms with E-state index in [1.54, 1.807) is 22.3 Å². The van der Waals surface area contributed by atoms with Crippen LogP contribution in [0.5, 0.6) is 0 Å². The predicted molar refractivity (Wildman–Crippen MR) is 189 cm³/mol. The zero-order valence-electron chi connectivity index (χ0n) is 27.2. The van der Waals surface area contributed by atoms with Crippen molar-refractivity contribution in [3.63, 3.8) is 0 Å². The Kier molecular flexibility index (Phi) is 5.58. The third kappa shape index (κ3) is 3.92. The van der Waals surface area contributed by atoms with Gasteiger partial charge >= 0.3 is 0 Å². The van der Waals surface area contributed by atoms with E-state index in [0.29, 0.717) is 16.2 Å². The van der Waals surface area contributed by atoms with Gasteiger partial charge in [-0.1, -0.05) is 113 Å². The molecule has 0 N–H and O–H groups in total. The number of benzene rings is 5. The van der Waals surface area contributed by atoms with Crippen molar-refractivity contribution in [3.8, 4) is 22.3 Å². The van der Waals surface area contributed by atoms with Crippen molar-refractivity contribution < 1.29 is 0 Å². The third-order valence-electron chi connectivity index (χ3n) is 12.6. The largest absolute Gasteiger partial charge is 0.310 e. The minimum Gasteiger partial charge on any atom is -0.310 e. The molecule has 4 atom stereocenters. The van der Waals surface area contributed by atoms with Crippen LogP contribution in [0.4, 0.5) is 17.1 Å². The first-order valence-corrected chi connectivity index (χ1v) is 17.0. The van der Waals surface area contributed by atoms with Gasteiger partial charge in [0.2, 0.25) is 0 Å². The van der Waals surface area contributed by atoms with Gasteiger partial charge in [-0.15, -0.1) is 0 Å². The van der Waals surface area contributed by atoms with Gasteiger partial charge in [0.15, 0.2) is 0 Å². The maximum absolute atomic E-state index is 2.54. The fraction of sp³-hybridized carbons (Fsp3) is 0.318. The molecule has 0 aliphatic heterocycles. The van der Waals surface area contributed by atoms with E-state index in [2.05, 4.69) is 148 Å². The van der Waals surface area contributed by atoms with Crippen LogP contribution in [0.2, 0.25) is 0 Å². The second-order valence-corrected chi connectivity index (χ2v) is 15.9. The first kappa shape index (κ1) is 27.2. The number of hydrogen-bond acceptors (Lipinski definition) is 1. The molecule has 0 heterocycles. The summed E-state index contributed by atoms with van der Waals surface area (Å²) in [6, 6.07) is 43.8. The zero-order valence-corrected chi connectivity index (χ0v) is 27.2. The molecule has 5 aromatic carbocycles. The topological polar surface area (TPSA) is 3.24 Å². The smallest absolute Gasteiger partial charge is 0.0546 e. The van der Waals surface area contributed by atoms with Gasteiger partial charge in [-0.25, -0.2) is 0 Å². The van der Waals surface area contributed by atoms with E-state index in [9.17, 15) is 0 Å². The molecule has 224 valence electrons. The first-order valence-electron chi connectivity index (χ1n) is 17.0. The lowest BCUT2D eigenvalue weighted by molar-refractivity contribution is 0.483. The molecule has 0 amide bonds. The maximum Gasteiger partial charge on any atom is 0.0546 e. The SMILES string of the molecule is CC12CCC(C)(C1)c1cc(-c3ccc(-c4ccc5c(c4)C4(C)CCC5(C)C4)c(N(c4ccccc4)c4ccccc4)c3)ccc12. The lowest BCUT2D eigenvalue weighted by atomic mass is 9.77. The average molecular weight is 586 g/mol. The fourth-order valence-electron chi connectivity index (χ4n) is 10.3. The highest BCUT2D eigenvalue weighted by molar-refractivity contribution is 5.91. The molecule has 0 radical (unpaired) electrons. The van der Waals surface area contributed by atoms with Gasteiger partial charge in [-0.05, 0) is 129 Å². The molecule has 9 rings (SSSR count). The van der Waals surface area contributed by atoms with Crippen molar-refractivity contribution >= 4 is 17.1 Å². The van der Waals surface area contributed by atoms with Gasteiger partial charge in [0.25, 0.3) is 0 Å². The van der Waals surface area contributed by atoms with Crippen LogP contribution in [0.1, 0.15) is 88.5 Å². The van der Waals surface area contributed by atoms with Crippen LogP contribution in [-0.4, -0.2) is 0 Å². The number of anilines is 3. The molecule has 2 saturated carbocycles. The van der Waals surface area contributed by atoms with Crippen LogP contribution in [0.25, 0.3) is 22.3 Å². The van der Waals surface area contributed by atoms with E-state index in [1.165, 1.54) is 77.8 Å². The minimum atomic E-state index is 0.287. The van der Waals surface area contributed by atoms with Crippen LogP contribution in [0, 0.1) is 0 Å². The predicted octanol–water partition coefficient (Wildman–Crippen LogP) is 11.9. The molecule has 0 aromatic heterocycles. The highest BCUT2D eigenvalue weighted by Gasteiger charge is 2.53. The second kappa shape index (κ2) is 9.23. The van der Waals surface area contributed by atoms with Crippen molar-refractivity contribution in [1.29, 1.82) is 0 Å². The number of rotatable bonds is 5. The molecule has 4 aliphatic carbocycles. The second-order valence-electron chi connectivity index (χ2n) is 15.9. The Morgan fingerprint density at radius 1 is 0.422 bits per heavy atom. The van der Waals surface area contributed by atoms with Crippen molar-refractivity contribution in [1.82, 2.24) is 0 Å². The summed E-state index contributed by atoms with van der Waals surface area (Å²) in [5.74, 6) is 0. The molecule has 0 saturated heterocycles. The van der Waals surface area contributed by atoms with E-state index in [0.717, 1.165) is 0 Å². The molecule has 5 aromatic rings. The van der Waals surface area contributed by atoms with Crippen LogP contribution in [-0.2, 0) is 21.7 Å². The fourth-order valence-corrected chi connectivity index (χ4v) is 10.3. The summed E-state index contributed by atoms with van der Waals surface area (Å²) in [5, 5.41) is 0. The summed E-state index contributed by atoms with van der Waals surface area (Å²) < 4.78 is 0. The molecule has 1 heteroatoms. The minimum absolute atomic E-state index is 0.287. The summed E-state index contributed by atoms with van der Waals surface area (Å²) in [4.78, 5) is 2.46. The summed E-state index contributed by atoms with van der Waals surface area (Å²) in [7, 11) is 0. The summed E-state index contributed by atoms with van der Waals surface area (Å²) >= 11 is 0. The Bertz CT molecular complexity index is 1930. The third-order valence-corrected chi connectivity index (χ3v) is 12.6. The molecule has 0 spiro atoms. The summed E-state index contributed by atoms with van der Waals surface area (Å²) in [6.45, 7) is 9.97. The monoisotopic (exact) mass is 585 g/mol. The van der Waals surface area contributed by atoms with Gasteiger partial charge in [0.1, 0.15) is 0 Å². The highest BCUT2D eigenvalue weighted by atomic mass is 15.1. The van der Waals surface area contributed by atoms with E-state index in [-0.39, 0.29) is 5.41 Å². The average Bonchev–Trinajstić information content (AvgIpc) is 3.71. The van der Waals surface area contributed by atoms with Crippen LogP contribution >= 0.6 is 0 Å². The Morgan fingerprint density at radius 2 is 0.844 bits per heavy atom. The van der Waals surface area contributed by atoms with Crippen LogP contribution in [0.3, 0.4) is 0 Å².